The number of pyridine rings is 2. The number of hydrogen-bond acceptors (Lipinski definition) is 8. The largest absolute Gasteiger partial charge is 0.514 e. The van der Waals surface area contributed by atoms with Crippen molar-refractivity contribution in [1.29, 1.82) is 0 Å². The van der Waals surface area contributed by atoms with Crippen molar-refractivity contribution >= 4 is 23.0 Å². The number of aromatic nitrogens is 2. The van der Waals surface area contributed by atoms with Crippen LogP contribution in [0.5, 0.6) is 5.75 Å². The fourth-order valence-electron chi connectivity index (χ4n) is 4.52. The van der Waals surface area contributed by atoms with E-state index in [1.807, 2.05) is 6.92 Å². The highest BCUT2D eigenvalue weighted by molar-refractivity contribution is 5.90. The van der Waals surface area contributed by atoms with Crippen molar-refractivity contribution < 1.29 is 28.9 Å². The molecule has 4 heterocycles. The first-order valence-electron chi connectivity index (χ1n) is 11.1. The number of aliphatic hydroxyl groups is 1. The van der Waals surface area contributed by atoms with Crippen LogP contribution in [0.3, 0.4) is 0 Å². The van der Waals surface area contributed by atoms with Gasteiger partial charge in [-0.05, 0) is 57.0 Å². The van der Waals surface area contributed by atoms with Gasteiger partial charge in [0.1, 0.15) is 18.0 Å². The van der Waals surface area contributed by atoms with Gasteiger partial charge in [-0.25, -0.2) is 14.6 Å². The predicted molar refractivity (Wildman–Crippen MR) is 122 cm³/mol. The maximum Gasteiger partial charge on any atom is 0.514 e. The third-order valence-electron chi connectivity index (χ3n) is 5.99. The SMILES string of the molecule is CCc1c2c(nc3ccc(OC(=O)OC(C)(C)C)cc13)-c1cc3c(c(=O)n1C2)COC(=O)C3O. The number of benzene rings is 1. The number of aryl methyl sites for hydroxylation is 1. The molecule has 0 amide bonds. The predicted octanol–water partition coefficient (Wildman–Crippen LogP) is 3.39. The van der Waals surface area contributed by atoms with E-state index in [-0.39, 0.29) is 23.3 Å². The molecular weight excluding hydrogens is 440 g/mol. The molecule has 1 aromatic carbocycles. The number of carbonyl (C=O) groups excluding carboxylic acids is 2. The summed E-state index contributed by atoms with van der Waals surface area (Å²) < 4.78 is 17.1. The average Bonchev–Trinajstić information content (AvgIpc) is 3.12. The molecule has 0 saturated carbocycles. The molecule has 34 heavy (non-hydrogen) atoms. The van der Waals surface area contributed by atoms with Crippen LogP contribution in [0.1, 0.15) is 56.1 Å². The Morgan fingerprint density at radius 1 is 1.24 bits per heavy atom. The second-order valence-electron chi connectivity index (χ2n) is 9.38. The first-order valence-corrected chi connectivity index (χ1v) is 11.1. The van der Waals surface area contributed by atoms with Gasteiger partial charge in [-0.1, -0.05) is 6.92 Å². The molecule has 0 saturated heterocycles. The highest BCUT2D eigenvalue weighted by Gasteiger charge is 2.34. The van der Waals surface area contributed by atoms with Gasteiger partial charge in [0.25, 0.3) is 5.56 Å². The zero-order chi connectivity index (χ0) is 24.4. The van der Waals surface area contributed by atoms with Gasteiger partial charge in [-0.2, -0.15) is 0 Å². The quantitative estimate of drug-likeness (QED) is 0.354. The Morgan fingerprint density at radius 2 is 2.00 bits per heavy atom. The number of aliphatic hydroxyl groups excluding tert-OH is 1. The molecule has 9 heteroatoms. The summed E-state index contributed by atoms with van der Waals surface area (Å²) in [5.41, 5.74) is 3.28. The molecule has 0 bridgehead atoms. The van der Waals surface area contributed by atoms with E-state index in [2.05, 4.69) is 0 Å². The van der Waals surface area contributed by atoms with E-state index in [9.17, 15) is 19.5 Å². The van der Waals surface area contributed by atoms with Crippen LogP contribution in [0.25, 0.3) is 22.3 Å². The first kappa shape index (κ1) is 22.1. The lowest BCUT2D eigenvalue weighted by atomic mass is 9.97. The molecule has 1 atom stereocenters. The van der Waals surface area contributed by atoms with E-state index in [1.165, 1.54) is 0 Å². The molecule has 3 aromatic rings. The summed E-state index contributed by atoms with van der Waals surface area (Å²) in [5, 5.41) is 11.1. The average molecular weight is 464 g/mol. The lowest BCUT2D eigenvalue weighted by Crippen LogP contribution is -2.32. The number of hydrogen-bond donors (Lipinski definition) is 1. The number of nitrogens with zero attached hydrogens (tertiary/aromatic N) is 2. The Bertz CT molecular complexity index is 1430. The minimum Gasteiger partial charge on any atom is -0.458 e. The highest BCUT2D eigenvalue weighted by atomic mass is 16.7. The molecule has 1 N–H and O–H groups in total. The molecule has 5 rings (SSSR count). The van der Waals surface area contributed by atoms with Crippen molar-refractivity contribution in [3.05, 3.63) is 56.9 Å². The van der Waals surface area contributed by atoms with Gasteiger partial charge in [0, 0.05) is 16.5 Å². The van der Waals surface area contributed by atoms with Gasteiger partial charge in [-0.15, -0.1) is 0 Å². The maximum atomic E-state index is 13.2. The molecule has 0 spiro atoms. The number of fused-ring (bicyclic) bond motifs is 5. The Balaban J connectivity index is 1.61. The Hall–Kier alpha value is -3.72. The lowest BCUT2D eigenvalue weighted by molar-refractivity contribution is -0.157. The summed E-state index contributed by atoms with van der Waals surface area (Å²) in [6.45, 7) is 7.43. The van der Waals surface area contributed by atoms with Gasteiger partial charge in [0.15, 0.2) is 6.10 Å². The molecule has 2 aliphatic heterocycles. The van der Waals surface area contributed by atoms with Gasteiger partial charge < -0.3 is 23.9 Å². The van der Waals surface area contributed by atoms with Gasteiger partial charge in [0.05, 0.1) is 29.0 Å². The normalized spacial score (nSPS) is 16.5. The smallest absolute Gasteiger partial charge is 0.458 e. The molecule has 9 nitrogen and oxygen atoms in total. The minimum atomic E-state index is -1.50. The summed E-state index contributed by atoms with van der Waals surface area (Å²) in [6.07, 6.45) is -1.63. The molecule has 0 fully saturated rings. The van der Waals surface area contributed by atoms with Gasteiger partial charge in [0.2, 0.25) is 0 Å². The van der Waals surface area contributed by atoms with Crippen molar-refractivity contribution in [3.63, 3.8) is 0 Å². The van der Waals surface area contributed by atoms with Crippen LogP contribution in [0.15, 0.2) is 29.1 Å². The van der Waals surface area contributed by atoms with Crippen molar-refractivity contribution in [2.45, 2.75) is 59.0 Å². The molecular formula is C25H24N2O7. The van der Waals surface area contributed by atoms with Crippen molar-refractivity contribution in [3.8, 4) is 17.1 Å². The number of ether oxygens (including phenoxy) is 3. The van der Waals surface area contributed by atoms with Crippen LogP contribution in [0.2, 0.25) is 0 Å². The zero-order valence-corrected chi connectivity index (χ0v) is 19.3. The first-order chi connectivity index (χ1) is 16.1. The van der Waals surface area contributed by atoms with Crippen LogP contribution in [-0.2, 0) is 33.8 Å². The van der Waals surface area contributed by atoms with Crippen molar-refractivity contribution in [2.24, 2.45) is 0 Å². The fraction of sp³-hybridized carbons (Fsp3) is 0.360. The molecule has 0 radical (unpaired) electrons. The van der Waals surface area contributed by atoms with Crippen molar-refractivity contribution in [2.75, 3.05) is 0 Å². The van der Waals surface area contributed by atoms with Crippen LogP contribution in [0.4, 0.5) is 4.79 Å². The summed E-state index contributed by atoms with van der Waals surface area (Å²) in [7, 11) is 0. The van der Waals surface area contributed by atoms with E-state index in [0.29, 0.717) is 35.6 Å². The molecule has 1 unspecified atom stereocenters. The molecule has 0 aliphatic carbocycles. The standard InChI is InChI=1S/C25H24N2O7/c1-5-13-14-8-12(33-24(31)34-25(2,3)4)6-7-18(14)26-20-16(13)10-27-19(20)9-15-17(22(27)29)11-32-23(30)21(15)28/h6-9,21,28H,5,10-11H2,1-4H3. The Labute approximate surface area is 194 Å². The highest BCUT2D eigenvalue weighted by Crippen LogP contribution is 2.38. The molecule has 2 aromatic heterocycles. The Morgan fingerprint density at radius 3 is 2.71 bits per heavy atom. The summed E-state index contributed by atoms with van der Waals surface area (Å²) in [4.78, 5) is 41.9. The van der Waals surface area contributed by atoms with E-state index in [1.54, 1.807) is 49.6 Å². The van der Waals surface area contributed by atoms with Crippen LogP contribution < -0.4 is 10.3 Å². The van der Waals surface area contributed by atoms with Crippen LogP contribution in [-0.4, -0.2) is 32.4 Å². The lowest BCUT2D eigenvalue weighted by Gasteiger charge is -2.21. The fourth-order valence-corrected chi connectivity index (χ4v) is 4.52. The van der Waals surface area contributed by atoms with Crippen LogP contribution >= 0.6 is 0 Å². The maximum absolute atomic E-state index is 13.2. The molecule has 176 valence electrons. The summed E-state index contributed by atoms with van der Waals surface area (Å²) in [5.74, 6) is -0.437. The van der Waals surface area contributed by atoms with E-state index >= 15 is 0 Å². The third-order valence-corrected chi connectivity index (χ3v) is 5.99. The molecule has 2 aliphatic rings. The number of cyclic esters (lactones) is 1. The zero-order valence-electron chi connectivity index (χ0n) is 19.3. The van der Waals surface area contributed by atoms with E-state index < -0.39 is 23.8 Å². The van der Waals surface area contributed by atoms with E-state index in [0.717, 1.165) is 16.5 Å². The summed E-state index contributed by atoms with van der Waals surface area (Å²) >= 11 is 0. The number of rotatable bonds is 2. The second-order valence-corrected chi connectivity index (χ2v) is 9.38. The number of esters is 1. The Kier molecular flexibility index (Phi) is 4.98. The van der Waals surface area contributed by atoms with Gasteiger partial charge in [-0.3, -0.25) is 4.79 Å². The van der Waals surface area contributed by atoms with Crippen molar-refractivity contribution in [1.82, 2.24) is 9.55 Å². The second kappa shape index (κ2) is 7.66. The van der Waals surface area contributed by atoms with Gasteiger partial charge >= 0.3 is 12.1 Å². The number of carbonyl (C=O) groups is 2. The topological polar surface area (TPSA) is 117 Å². The summed E-state index contributed by atoms with van der Waals surface area (Å²) in [6, 6.07) is 6.80. The van der Waals surface area contributed by atoms with E-state index in [4.69, 9.17) is 19.2 Å². The van der Waals surface area contributed by atoms with Crippen LogP contribution in [0, 0.1) is 0 Å². The third kappa shape index (κ3) is 3.52. The minimum absolute atomic E-state index is 0.165. The monoisotopic (exact) mass is 464 g/mol.